The Bertz CT molecular complexity index is 277. The summed E-state index contributed by atoms with van der Waals surface area (Å²) in [4.78, 5) is 22.8. The average molecular weight is 166 g/mol. The molecule has 2 rings (SSSR count). The summed E-state index contributed by atoms with van der Waals surface area (Å²) in [7, 11) is 0. The van der Waals surface area contributed by atoms with Crippen LogP contribution in [0.4, 0.5) is 0 Å². The highest BCUT2D eigenvalue weighted by molar-refractivity contribution is 6.10. The van der Waals surface area contributed by atoms with E-state index in [1.807, 2.05) is 0 Å². The van der Waals surface area contributed by atoms with E-state index in [1.54, 1.807) is 6.92 Å². The molecule has 2 atom stereocenters. The molecule has 2 unspecified atom stereocenters. The van der Waals surface area contributed by atoms with Crippen molar-refractivity contribution in [3.63, 3.8) is 0 Å². The molecule has 0 radical (unpaired) electrons. The number of rotatable bonds is 0. The second-order valence-electron chi connectivity index (χ2n) is 3.34. The van der Waals surface area contributed by atoms with Gasteiger partial charge in [-0.05, 0) is 18.6 Å². The number of hydrogen-bond donors (Lipinski definition) is 0. The lowest BCUT2D eigenvalue weighted by atomic mass is 9.81. The number of ketones is 2. The van der Waals surface area contributed by atoms with E-state index in [0.717, 1.165) is 0 Å². The SMILES string of the molecule is CC1=CC(=O)C2COCC2C1=O. The first-order valence-electron chi connectivity index (χ1n) is 4.04. The molecule has 0 bridgehead atoms. The lowest BCUT2D eigenvalue weighted by molar-refractivity contribution is -0.127. The van der Waals surface area contributed by atoms with Crippen LogP contribution in [0.15, 0.2) is 11.6 Å². The maximum atomic E-state index is 11.5. The first-order valence-corrected chi connectivity index (χ1v) is 4.04. The van der Waals surface area contributed by atoms with Crippen molar-refractivity contribution < 1.29 is 14.3 Å². The summed E-state index contributed by atoms with van der Waals surface area (Å²) in [5, 5.41) is 0. The Hall–Kier alpha value is -0.960. The van der Waals surface area contributed by atoms with Crippen LogP contribution in [0.25, 0.3) is 0 Å². The van der Waals surface area contributed by atoms with E-state index in [9.17, 15) is 9.59 Å². The summed E-state index contributed by atoms with van der Waals surface area (Å²) < 4.78 is 5.11. The Kier molecular flexibility index (Phi) is 1.61. The fourth-order valence-corrected chi connectivity index (χ4v) is 1.78. The lowest BCUT2D eigenvalue weighted by Crippen LogP contribution is -2.32. The number of carbonyl (C=O) groups is 2. The molecule has 0 N–H and O–H groups in total. The van der Waals surface area contributed by atoms with Crippen molar-refractivity contribution in [2.24, 2.45) is 11.8 Å². The summed E-state index contributed by atoms with van der Waals surface area (Å²) in [5.74, 6) is -0.254. The predicted octanol–water partition coefficient (Wildman–Crippen LogP) is 0.347. The van der Waals surface area contributed by atoms with E-state index in [0.29, 0.717) is 18.8 Å². The Morgan fingerprint density at radius 2 is 2.00 bits per heavy atom. The van der Waals surface area contributed by atoms with Crippen molar-refractivity contribution in [3.8, 4) is 0 Å². The maximum absolute atomic E-state index is 11.5. The van der Waals surface area contributed by atoms with Gasteiger partial charge in [-0.1, -0.05) is 0 Å². The first kappa shape index (κ1) is 7.68. The standard InChI is InChI=1S/C9H10O3/c1-5-2-8(10)6-3-12-4-7(6)9(5)11/h2,6-7H,3-4H2,1H3. The van der Waals surface area contributed by atoms with Gasteiger partial charge >= 0.3 is 0 Å². The average Bonchev–Trinajstić information content (AvgIpc) is 2.48. The third-order valence-corrected chi connectivity index (χ3v) is 2.53. The second kappa shape index (κ2) is 2.52. The smallest absolute Gasteiger partial charge is 0.164 e. The minimum absolute atomic E-state index is 0.0506. The van der Waals surface area contributed by atoms with E-state index in [4.69, 9.17) is 4.74 Å². The van der Waals surface area contributed by atoms with Gasteiger partial charge in [0, 0.05) is 0 Å². The van der Waals surface area contributed by atoms with Gasteiger partial charge in [0.25, 0.3) is 0 Å². The van der Waals surface area contributed by atoms with Crippen LogP contribution in [-0.4, -0.2) is 24.8 Å². The Balaban J connectivity index is 2.37. The van der Waals surface area contributed by atoms with Crippen LogP contribution in [0.2, 0.25) is 0 Å². The highest BCUT2D eigenvalue weighted by Gasteiger charge is 2.41. The van der Waals surface area contributed by atoms with Gasteiger partial charge in [-0.3, -0.25) is 9.59 Å². The van der Waals surface area contributed by atoms with Crippen molar-refractivity contribution >= 4 is 11.6 Å². The maximum Gasteiger partial charge on any atom is 0.164 e. The number of hydrogen-bond acceptors (Lipinski definition) is 3. The van der Waals surface area contributed by atoms with Crippen LogP contribution in [0.3, 0.4) is 0 Å². The number of carbonyl (C=O) groups excluding carboxylic acids is 2. The molecule has 0 aromatic heterocycles. The molecular formula is C9H10O3. The van der Waals surface area contributed by atoms with Gasteiger partial charge in [0.1, 0.15) is 0 Å². The lowest BCUT2D eigenvalue weighted by Gasteiger charge is -2.18. The molecule has 1 aliphatic carbocycles. The van der Waals surface area contributed by atoms with Crippen molar-refractivity contribution in [2.75, 3.05) is 13.2 Å². The third kappa shape index (κ3) is 0.932. The summed E-state index contributed by atoms with van der Waals surface area (Å²) in [6, 6.07) is 0. The summed E-state index contributed by atoms with van der Waals surface area (Å²) >= 11 is 0. The van der Waals surface area contributed by atoms with Gasteiger partial charge in [-0.2, -0.15) is 0 Å². The quantitative estimate of drug-likeness (QED) is 0.521. The highest BCUT2D eigenvalue weighted by atomic mass is 16.5. The molecule has 0 spiro atoms. The normalized spacial score (nSPS) is 34.9. The van der Waals surface area contributed by atoms with Crippen molar-refractivity contribution in [1.82, 2.24) is 0 Å². The fraction of sp³-hybridized carbons (Fsp3) is 0.556. The van der Waals surface area contributed by atoms with Crippen LogP contribution < -0.4 is 0 Å². The molecule has 1 heterocycles. The largest absolute Gasteiger partial charge is 0.380 e. The van der Waals surface area contributed by atoms with E-state index >= 15 is 0 Å². The predicted molar refractivity (Wildman–Crippen MR) is 41.6 cm³/mol. The summed E-state index contributed by atoms with van der Waals surface area (Å²) in [5.41, 5.74) is 0.576. The fourth-order valence-electron chi connectivity index (χ4n) is 1.78. The van der Waals surface area contributed by atoms with Crippen molar-refractivity contribution in [3.05, 3.63) is 11.6 Å². The molecule has 1 saturated heterocycles. The van der Waals surface area contributed by atoms with Gasteiger partial charge in [0.15, 0.2) is 11.6 Å². The van der Waals surface area contributed by atoms with E-state index in [1.165, 1.54) is 6.08 Å². The van der Waals surface area contributed by atoms with Crippen LogP contribution >= 0.6 is 0 Å². The van der Waals surface area contributed by atoms with E-state index in [-0.39, 0.29) is 23.4 Å². The minimum Gasteiger partial charge on any atom is -0.380 e. The zero-order valence-electron chi connectivity index (χ0n) is 6.87. The molecule has 0 saturated carbocycles. The van der Waals surface area contributed by atoms with Gasteiger partial charge in [0.2, 0.25) is 0 Å². The molecule has 3 nitrogen and oxygen atoms in total. The molecular weight excluding hydrogens is 156 g/mol. The highest BCUT2D eigenvalue weighted by Crippen LogP contribution is 2.29. The van der Waals surface area contributed by atoms with Gasteiger partial charge in [-0.25, -0.2) is 0 Å². The molecule has 0 aromatic carbocycles. The van der Waals surface area contributed by atoms with Crippen LogP contribution in [0, 0.1) is 11.8 Å². The molecule has 1 aliphatic heterocycles. The van der Waals surface area contributed by atoms with Crippen LogP contribution in [0.1, 0.15) is 6.92 Å². The number of ether oxygens (including phenoxy) is 1. The Labute approximate surface area is 70.4 Å². The molecule has 3 heteroatoms. The number of Topliss-reactive ketones (excluding diaryl/α,β-unsaturated/α-hetero) is 1. The van der Waals surface area contributed by atoms with Gasteiger partial charge < -0.3 is 4.74 Å². The van der Waals surface area contributed by atoms with Gasteiger partial charge in [-0.15, -0.1) is 0 Å². The summed E-state index contributed by atoms with van der Waals surface area (Å²) in [6.07, 6.45) is 1.44. The van der Waals surface area contributed by atoms with Crippen LogP contribution in [-0.2, 0) is 14.3 Å². The van der Waals surface area contributed by atoms with Crippen molar-refractivity contribution in [2.45, 2.75) is 6.92 Å². The van der Waals surface area contributed by atoms with Gasteiger partial charge in [0.05, 0.1) is 25.0 Å². The zero-order valence-corrected chi connectivity index (χ0v) is 6.87. The molecule has 64 valence electrons. The van der Waals surface area contributed by atoms with E-state index in [2.05, 4.69) is 0 Å². The first-order chi connectivity index (χ1) is 5.70. The molecule has 0 amide bonds. The topological polar surface area (TPSA) is 43.4 Å². The molecule has 12 heavy (non-hydrogen) atoms. The monoisotopic (exact) mass is 166 g/mol. The molecule has 2 aliphatic rings. The number of allylic oxidation sites excluding steroid dienone is 2. The Morgan fingerprint density at radius 3 is 2.75 bits per heavy atom. The minimum atomic E-state index is -0.193. The van der Waals surface area contributed by atoms with E-state index < -0.39 is 0 Å². The second-order valence-corrected chi connectivity index (χ2v) is 3.34. The third-order valence-electron chi connectivity index (χ3n) is 2.53. The summed E-state index contributed by atoms with van der Waals surface area (Å²) in [6.45, 7) is 2.52. The number of fused-ring (bicyclic) bond motifs is 1. The van der Waals surface area contributed by atoms with Crippen molar-refractivity contribution in [1.29, 1.82) is 0 Å². The molecule has 1 fully saturated rings. The van der Waals surface area contributed by atoms with Crippen LogP contribution in [0.5, 0.6) is 0 Å². The zero-order chi connectivity index (χ0) is 8.72. The Morgan fingerprint density at radius 1 is 1.33 bits per heavy atom. The molecule has 0 aromatic rings.